The van der Waals surface area contributed by atoms with Gasteiger partial charge in [0.05, 0.1) is 0 Å². The van der Waals surface area contributed by atoms with Crippen LogP contribution in [-0.4, -0.2) is 20.6 Å². The van der Waals surface area contributed by atoms with Crippen molar-refractivity contribution in [1.29, 1.82) is 0 Å². The Balaban J connectivity index is 2.53. The Kier molecular flexibility index (Phi) is 4.79. The van der Waals surface area contributed by atoms with E-state index in [1.807, 2.05) is 14.1 Å². The number of hydrogen-bond donors (Lipinski definition) is 2. The van der Waals surface area contributed by atoms with E-state index in [1.54, 1.807) is 0 Å². The first kappa shape index (κ1) is 10.8. The number of nitrogens with one attached hydrogen (secondary N) is 2. The van der Waals surface area contributed by atoms with Crippen LogP contribution in [0, 0.1) is 0 Å². The molecule has 76 valence electrons. The smallest absolute Gasteiger partial charge is 0.0343 e. The van der Waals surface area contributed by atoms with E-state index < -0.39 is 0 Å². The van der Waals surface area contributed by atoms with Crippen LogP contribution in [0.3, 0.4) is 0 Å². The van der Waals surface area contributed by atoms with E-state index in [4.69, 9.17) is 0 Å². The Morgan fingerprint density at radius 2 is 2.14 bits per heavy atom. The average Bonchev–Trinajstić information content (AvgIpc) is 2.25. The highest BCUT2D eigenvalue weighted by Gasteiger charge is 1.88. The van der Waals surface area contributed by atoms with Gasteiger partial charge in [-0.3, -0.25) is 0 Å². The van der Waals surface area contributed by atoms with Crippen LogP contribution in [0.1, 0.15) is 12.0 Å². The standard InChI is InChI=1S/C12H18N2/c1-13-9-4-3-6-11-7-5-8-12(10-11)14-2/h3,5-8,10,13-14H,4,9H2,1-2H3. The molecule has 0 aliphatic heterocycles. The minimum atomic E-state index is 1.03. The van der Waals surface area contributed by atoms with Crippen LogP contribution in [0.25, 0.3) is 6.08 Å². The average molecular weight is 190 g/mol. The Morgan fingerprint density at radius 1 is 1.29 bits per heavy atom. The molecule has 0 radical (unpaired) electrons. The molecule has 1 aromatic rings. The largest absolute Gasteiger partial charge is 0.388 e. The molecule has 0 fully saturated rings. The third-order valence-corrected chi connectivity index (χ3v) is 2.05. The molecular formula is C12H18N2. The quantitative estimate of drug-likeness (QED) is 0.696. The highest BCUT2D eigenvalue weighted by molar-refractivity contribution is 5.56. The number of benzene rings is 1. The summed E-state index contributed by atoms with van der Waals surface area (Å²) in [5.41, 5.74) is 2.40. The van der Waals surface area contributed by atoms with Gasteiger partial charge in [0.2, 0.25) is 0 Å². The number of anilines is 1. The van der Waals surface area contributed by atoms with Crippen molar-refractivity contribution in [2.45, 2.75) is 6.42 Å². The van der Waals surface area contributed by atoms with Crippen LogP contribution in [0.2, 0.25) is 0 Å². The normalized spacial score (nSPS) is 10.7. The van der Waals surface area contributed by atoms with E-state index in [2.05, 4.69) is 47.1 Å². The molecule has 14 heavy (non-hydrogen) atoms. The minimum absolute atomic E-state index is 1.03. The fourth-order valence-electron chi connectivity index (χ4n) is 1.24. The molecule has 0 aliphatic carbocycles. The van der Waals surface area contributed by atoms with Crippen LogP contribution in [0.15, 0.2) is 30.3 Å². The highest BCUT2D eigenvalue weighted by Crippen LogP contribution is 2.11. The zero-order valence-electron chi connectivity index (χ0n) is 8.88. The minimum Gasteiger partial charge on any atom is -0.388 e. The van der Waals surface area contributed by atoms with E-state index in [0.29, 0.717) is 0 Å². The van der Waals surface area contributed by atoms with Crippen LogP contribution in [0.4, 0.5) is 5.69 Å². The molecule has 0 atom stereocenters. The van der Waals surface area contributed by atoms with E-state index in [1.165, 1.54) is 5.56 Å². The maximum Gasteiger partial charge on any atom is 0.0343 e. The molecule has 0 aliphatic rings. The van der Waals surface area contributed by atoms with Gasteiger partial charge in [-0.05, 0) is 37.7 Å². The van der Waals surface area contributed by atoms with Crippen molar-refractivity contribution in [2.75, 3.05) is 26.0 Å². The van der Waals surface area contributed by atoms with E-state index in [0.717, 1.165) is 18.7 Å². The maximum atomic E-state index is 3.12. The fraction of sp³-hybridized carbons (Fsp3) is 0.333. The third-order valence-electron chi connectivity index (χ3n) is 2.05. The maximum absolute atomic E-state index is 3.12. The van der Waals surface area contributed by atoms with Crippen molar-refractivity contribution < 1.29 is 0 Å². The zero-order chi connectivity index (χ0) is 10.2. The summed E-state index contributed by atoms with van der Waals surface area (Å²) in [6, 6.07) is 8.36. The third kappa shape index (κ3) is 3.62. The lowest BCUT2D eigenvalue weighted by atomic mass is 10.2. The molecule has 0 heterocycles. The lowest BCUT2D eigenvalue weighted by Crippen LogP contribution is -2.05. The van der Waals surface area contributed by atoms with Crippen LogP contribution in [0.5, 0.6) is 0 Å². The summed E-state index contributed by atoms with van der Waals surface area (Å²) in [4.78, 5) is 0. The molecule has 2 N–H and O–H groups in total. The molecule has 0 spiro atoms. The second kappa shape index (κ2) is 6.22. The van der Waals surface area contributed by atoms with Crippen molar-refractivity contribution in [2.24, 2.45) is 0 Å². The van der Waals surface area contributed by atoms with Gasteiger partial charge in [-0.2, -0.15) is 0 Å². The predicted octanol–water partition coefficient (Wildman–Crippen LogP) is 2.35. The Bertz CT molecular complexity index is 292. The molecule has 1 aromatic carbocycles. The molecule has 0 amide bonds. The Labute approximate surface area is 86.0 Å². The zero-order valence-corrected chi connectivity index (χ0v) is 8.88. The van der Waals surface area contributed by atoms with Gasteiger partial charge < -0.3 is 10.6 Å². The summed E-state index contributed by atoms with van der Waals surface area (Å²) in [6.07, 6.45) is 5.41. The second-order valence-corrected chi connectivity index (χ2v) is 3.17. The van der Waals surface area contributed by atoms with Crippen molar-refractivity contribution >= 4 is 11.8 Å². The van der Waals surface area contributed by atoms with Gasteiger partial charge in [-0.25, -0.2) is 0 Å². The van der Waals surface area contributed by atoms with Gasteiger partial charge in [-0.1, -0.05) is 24.3 Å². The summed E-state index contributed by atoms with van der Waals surface area (Å²) in [6.45, 7) is 1.03. The van der Waals surface area contributed by atoms with Crippen molar-refractivity contribution in [3.8, 4) is 0 Å². The molecular weight excluding hydrogens is 172 g/mol. The molecule has 0 saturated carbocycles. The molecule has 1 rings (SSSR count). The van der Waals surface area contributed by atoms with Gasteiger partial charge >= 0.3 is 0 Å². The Hall–Kier alpha value is -1.28. The number of hydrogen-bond acceptors (Lipinski definition) is 2. The first-order valence-electron chi connectivity index (χ1n) is 4.96. The highest BCUT2D eigenvalue weighted by atomic mass is 14.8. The lowest BCUT2D eigenvalue weighted by molar-refractivity contribution is 0.809. The van der Waals surface area contributed by atoms with Crippen molar-refractivity contribution in [3.63, 3.8) is 0 Å². The fourth-order valence-corrected chi connectivity index (χ4v) is 1.24. The molecule has 0 saturated heterocycles. The first-order valence-corrected chi connectivity index (χ1v) is 4.96. The van der Waals surface area contributed by atoms with Crippen LogP contribution in [-0.2, 0) is 0 Å². The summed E-state index contributed by atoms with van der Waals surface area (Å²) in [5, 5.41) is 6.24. The summed E-state index contributed by atoms with van der Waals surface area (Å²) in [7, 11) is 3.90. The molecule has 0 unspecified atom stereocenters. The van der Waals surface area contributed by atoms with Gasteiger partial charge in [-0.15, -0.1) is 0 Å². The summed E-state index contributed by atoms with van der Waals surface area (Å²) < 4.78 is 0. The SMILES string of the molecule is CNCCC=Cc1cccc(NC)c1. The lowest BCUT2D eigenvalue weighted by Gasteiger charge is -2.00. The van der Waals surface area contributed by atoms with E-state index in [9.17, 15) is 0 Å². The first-order chi connectivity index (χ1) is 6.86. The second-order valence-electron chi connectivity index (χ2n) is 3.17. The van der Waals surface area contributed by atoms with Gasteiger partial charge in [0.25, 0.3) is 0 Å². The topological polar surface area (TPSA) is 24.1 Å². The molecule has 0 aromatic heterocycles. The van der Waals surface area contributed by atoms with Gasteiger partial charge in [0, 0.05) is 12.7 Å². The summed E-state index contributed by atoms with van der Waals surface area (Å²) in [5.74, 6) is 0. The van der Waals surface area contributed by atoms with Gasteiger partial charge in [0.1, 0.15) is 0 Å². The monoisotopic (exact) mass is 190 g/mol. The molecule has 2 nitrogen and oxygen atoms in total. The number of rotatable bonds is 5. The van der Waals surface area contributed by atoms with E-state index in [-0.39, 0.29) is 0 Å². The van der Waals surface area contributed by atoms with E-state index >= 15 is 0 Å². The van der Waals surface area contributed by atoms with Crippen molar-refractivity contribution in [3.05, 3.63) is 35.9 Å². The predicted molar refractivity (Wildman–Crippen MR) is 63.6 cm³/mol. The molecule has 2 heteroatoms. The van der Waals surface area contributed by atoms with Crippen LogP contribution < -0.4 is 10.6 Å². The molecule has 0 bridgehead atoms. The van der Waals surface area contributed by atoms with Crippen molar-refractivity contribution in [1.82, 2.24) is 5.32 Å². The Morgan fingerprint density at radius 3 is 2.86 bits per heavy atom. The van der Waals surface area contributed by atoms with Crippen LogP contribution >= 0.6 is 0 Å². The van der Waals surface area contributed by atoms with Gasteiger partial charge in [0.15, 0.2) is 0 Å². The summed E-state index contributed by atoms with van der Waals surface area (Å²) >= 11 is 0.